The van der Waals surface area contributed by atoms with Crippen LogP contribution in [0.1, 0.15) is 50.7 Å². The molecule has 0 fully saturated rings. The Hall–Kier alpha value is -1.35. The molecule has 0 saturated carbocycles. The van der Waals surface area contributed by atoms with Crippen LogP contribution in [0, 0.1) is 12.8 Å². The summed E-state index contributed by atoms with van der Waals surface area (Å²) < 4.78 is 0. The molecule has 0 spiro atoms. The maximum Gasteiger partial charge on any atom is 0.222 e. The highest BCUT2D eigenvalue weighted by molar-refractivity contribution is 5.76. The third-order valence-corrected chi connectivity index (χ3v) is 4.28. The molecule has 2 atom stereocenters. The van der Waals surface area contributed by atoms with Gasteiger partial charge in [-0.25, -0.2) is 0 Å². The summed E-state index contributed by atoms with van der Waals surface area (Å²) in [6.07, 6.45) is 1.41. The van der Waals surface area contributed by atoms with Crippen LogP contribution in [0.2, 0.25) is 0 Å². The Kier molecular flexibility index (Phi) is 6.90. The molecule has 3 heteroatoms. The highest BCUT2D eigenvalue weighted by Crippen LogP contribution is 2.23. The standard InChI is InChI=1S/C18H30N2O/c1-13(2)17(19)10-11-20(5)18(21)12-15(4)16-9-7-6-8-14(16)3/h6-9,13,15,17H,10-12,19H2,1-5H3. The van der Waals surface area contributed by atoms with E-state index in [9.17, 15) is 4.79 Å². The van der Waals surface area contributed by atoms with E-state index in [-0.39, 0.29) is 17.9 Å². The zero-order valence-corrected chi connectivity index (χ0v) is 14.1. The van der Waals surface area contributed by atoms with Crippen molar-refractivity contribution in [2.75, 3.05) is 13.6 Å². The van der Waals surface area contributed by atoms with Crippen molar-refractivity contribution < 1.29 is 4.79 Å². The van der Waals surface area contributed by atoms with Crippen LogP contribution in [0.15, 0.2) is 24.3 Å². The van der Waals surface area contributed by atoms with Gasteiger partial charge in [0.05, 0.1) is 0 Å². The first-order valence-electron chi connectivity index (χ1n) is 7.88. The lowest BCUT2D eigenvalue weighted by Crippen LogP contribution is -2.35. The molecule has 0 aliphatic rings. The topological polar surface area (TPSA) is 46.3 Å². The van der Waals surface area contributed by atoms with E-state index < -0.39 is 0 Å². The van der Waals surface area contributed by atoms with Crippen LogP contribution in [0.25, 0.3) is 0 Å². The van der Waals surface area contributed by atoms with Crippen LogP contribution in [-0.4, -0.2) is 30.4 Å². The van der Waals surface area contributed by atoms with Gasteiger partial charge in [0, 0.05) is 26.1 Å². The number of carbonyl (C=O) groups excluding carboxylic acids is 1. The van der Waals surface area contributed by atoms with Crippen LogP contribution >= 0.6 is 0 Å². The minimum absolute atomic E-state index is 0.161. The second kappa shape index (κ2) is 8.18. The molecule has 2 N–H and O–H groups in total. The second-order valence-electron chi connectivity index (χ2n) is 6.47. The van der Waals surface area contributed by atoms with Crippen molar-refractivity contribution in [2.24, 2.45) is 11.7 Å². The summed E-state index contributed by atoms with van der Waals surface area (Å²) in [6.45, 7) is 9.19. The lowest BCUT2D eigenvalue weighted by atomic mass is 9.93. The monoisotopic (exact) mass is 290 g/mol. The number of carbonyl (C=O) groups is 1. The predicted octanol–water partition coefficient (Wildman–Crippen LogP) is 3.32. The van der Waals surface area contributed by atoms with E-state index in [1.54, 1.807) is 0 Å². The fourth-order valence-corrected chi connectivity index (χ4v) is 2.47. The van der Waals surface area contributed by atoms with Gasteiger partial charge in [-0.15, -0.1) is 0 Å². The third-order valence-electron chi connectivity index (χ3n) is 4.28. The first-order chi connectivity index (χ1) is 9.82. The van der Waals surface area contributed by atoms with Crippen molar-refractivity contribution in [3.05, 3.63) is 35.4 Å². The van der Waals surface area contributed by atoms with Crippen molar-refractivity contribution in [2.45, 2.75) is 52.5 Å². The molecule has 0 aromatic heterocycles. The van der Waals surface area contributed by atoms with Gasteiger partial charge < -0.3 is 10.6 Å². The first-order valence-corrected chi connectivity index (χ1v) is 7.88. The van der Waals surface area contributed by atoms with Crippen molar-refractivity contribution in [3.63, 3.8) is 0 Å². The molecular formula is C18H30N2O. The number of hydrogen-bond acceptors (Lipinski definition) is 2. The van der Waals surface area contributed by atoms with E-state index in [2.05, 4.69) is 39.8 Å². The van der Waals surface area contributed by atoms with Gasteiger partial charge in [0.15, 0.2) is 0 Å². The smallest absolute Gasteiger partial charge is 0.222 e. The first kappa shape index (κ1) is 17.7. The van der Waals surface area contributed by atoms with Gasteiger partial charge in [-0.2, -0.15) is 0 Å². The van der Waals surface area contributed by atoms with E-state index in [4.69, 9.17) is 5.73 Å². The zero-order chi connectivity index (χ0) is 16.0. The van der Waals surface area contributed by atoms with Crippen LogP contribution in [0.4, 0.5) is 0 Å². The van der Waals surface area contributed by atoms with Gasteiger partial charge >= 0.3 is 0 Å². The molecular weight excluding hydrogens is 260 g/mol. The van der Waals surface area contributed by atoms with Gasteiger partial charge in [-0.1, -0.05) is 45.0 Å². The van der Waals surface area contributed by atoms with Crippen molar-refractivity contribution in [1.29, 1.82) is 0 Å². The molecule has 1 aromatic carbocycles. The minimum atomic E-state index is 0.161. The van der Waals surface area contributed by atoms with Crippen LogP contribution < -0.4 is 5.73 Å². The normalized spacial score (nSPS) is 14.0. The molecule has 21 heavy (non-hydrogen) atoms. The molecule has 0 bridgehead atoms. The number of aryl methyl sites for hydroxylation is 1. The Morgan fingerprint density at radius 3 is 2.43 bits per heavy atom. The highest BCUT2D eigenvalue weighted by atomic mass is 16.2. The van der Waals surface area contributed by atoms with Gasteiger partial charge in [0.1, 0.15) is 0 Å². The molecule has 0 aliphatic carbocycles. The Labute approximate surface area is 129 Å². The van der Waals surface area contributed by atoms with E-state index in [0.29, 0.717) is 12.3 Å². The Morgan fingerprint density at radius 2 is 1.86 bits per heavy atom. The summed E-state index contributed by atoms with van der Waals surface area (Å²) in [5.41, 5.74) is 8.55. The van der Waals surface area contributed by atoms with E-state index in [0.717, 1.165) is 13.0 Å². The predicted molar refractivity (Wildman–Crippen MR) is 89.3 cm³/mol. The van der Waals surface area contributed by atoms with Crippen LogP contribution in [-0.2, 0) is 4.79 Å². The molecule has 1 rings (SSSR count). The quantitative estimate of drug-likeness (QED) is 0.837. The van der Waals surface area contributed by atoms with E-state index in [1.807, 2.05) is 24.1 Å². The largest absolute Gasteiger partial charge is 0.346 e. The van der Waals surface area contributed by atoms with Crippen molar-refractivity contribution in [1.82, 2.24) is 4.90 Å². The van der Waals surface area contributed by atoms with Gasteiger partial charge in [-0.05, 0) is 36.3 Å². The molecule has 3 nitrogen and oxygen atoms in total. The zero-order valence-electron chi connectivity index (χ0n) is 14.1. The van der Waals surface area contributed by atoms with Crippen LogP contribution in [0.5, 0.6) is 0 Å². The van der Waals surface area contributed by atoms with E-state index in [1.165, 1.54) is 11.1 Å². The third kappa shape index (κ3) is 5.50. The number of rotatable bonds is 7. The number of amides is 1. The number of hydrogen-bond donors (Lipinski definition) is 1. The molecule has 2 unspecified atom stereocenters. The lowest BCUT2D eigenvalue weighted by molar-refractivity contribution is -0.130. The Morgan fingerprint density at radius 1 is 1.24 bits per heavy atom. The number of nitrogens with zero attached hydrogens (tertiary/aromatic N) is 1. The SMILES string of the molecule is Cc1ccccc1C(C)CC(=O)N(C)CCC(N)C(C)C. The Balaban J connectivity index is 2.51. The maximum atomic E-state index is 12.3. The van der Waals surface area contributed by atoms with Gasteiger partial charge in [0.25, 0.3) is 0 Å². The molecule has 0 radical (unpaired) electrons. The van der Waals surface area contributed by atoms with Crippen molar-refractivity contribution in [3.8, 4) is 0 Å². The minimum Gasteiger partial charge on any atom is -0.346 e. The molecule has 118 valence electrons. The fourth-order valence-electron chi connectivity index (χ4n) is 2.47. The summed E-state index contributed by atoms with van der Waals surface area (Å²) in [4.78, 5) is 14.1. The molecule has 1 aromatic rings. The van der Waals surface area contributed by atoms with Crippen LogP contribution in [0.3, 0.4) is 0 Å². The summed E-state index contributed by atoms with van der Waals surface area (Å²) >= 11 is 0. The van der Waals surface area contributed by atoms with Crippen molar-refractivity contribution >= 4 is 5.91 Å². The average Bonchev–Trinajstić information content (AvgIpc) is 2.44. The number of benzene rings is 1. The molecule has 0 aliphatic heterocycles. The molecule has 1 amide bonds. The molecule has 0 heterocycles. The van der Waals surface area contributed by atoms with Gasteiger partial charge in [-0.3, -0.25) is 4.79 Å². The fraction of sp³-hybridized carbons (Fsp3) is 0.611. The molecule has 0 saturated heterocycles. The number of nitrogens with two attached hydrogens (primary N) is 1. The van der Waals surface area contributed by atoms with E-state index >= 15 is 0 Å². The summed E-state index contributed by atoms with van der Waals surface area (Å²) in [5.74, 6) is 0.904. The highest BCUT2D eigenvalue weighted by Gasteiger charge is 2.17. The van der Waals surface area contributed by atoms with Gasteiger partial charge in [0.2, 0.25) is 5.91 Å². The maximum absolute atomic E-state index is 12.3. The second-order valence-corrected chi connectivity index (χ2v) is 6.47. The Bertz CT molecular complexity index is 456. The summed E-state index contributed by atoms with van der Waals surface area (Å²) in [5, 5.41) is 0. The lowest BCUT2D eigenvalue weighted by Gasteiger charge is -2.23. The average molecular weight is 290 g/mol. The summed E-state index contributed by atoms with van der Waals surface area (Å²) in [6, 6.07) is 8.44. The summed E-state index contributed by atoms with van der Waals surface area (Å²) in [7, 11) is 1.87.